The quantitative estimate of drug-likeness (QED) is 0.247. The normalized spacial score (nSPS) is 11.4. The van der Waals surface area contributed by atoms with Crippen LogP contribution < -0.4 is 16.7 Å². The van der Waals surface area contributed by atoms with Gasteiger partial charge in [-0.1, -0.05) is 49.0 Å². The lowest BCUT2D eigenvalue weighted by Crippen LogP contribution is -2.49. The van der Waals surface area contributed by atoms with Crippen LogP contribution in [0.3, 0.4) is 0 Å². The zero-order chi connectivity index (χ0) is 20.7. The Kier molecular flexibility index (Phi) is 8.37. The highest BCUT2D eigenvalue weighted by Gasteiger charge is 2.19. The number of carbonyl (C=O) groups excluding carboxylic acids is 1. The largest absolute Gasteiger partial charge is 0.352 e. The predicted octanol–water partition coefficient (Wildman–Crippen LogP) is 4.45. The second kappa shape index (κ2) is 10.5. The number of hydrogen-bond donors (Lipinski definition) is 2. The van der Waals surface area contributed by atoms with Gasteiger partial charge in [0.05, 0.1) is 11.4 Å². The molecule has 0 saturated heterocycles. The Hall–Kier alpha value is -2.00. The van der Waals surface area contributed by atoms with Crippen LogP contribution in [0.1, 0.15) is 23.6 Å². The number of carbonyl (C=O) groups is 1. The van der Waals surface area contributed by atoms with Crippen molar-refractivity contribution in [3.05, 3.63) is 59.2 Å². The van der Waals surface area contributed by atoms with Gasteiger partial charge >= 0.3 is 6.03 Å². The van der Waals surface area contributed by atoms with Gasteiger partial charge in [0, 0.05) is 12.8 Å². The first-order chi connectivity index (χ1) is 13.4. The lowest BCUT2D eigenvalue weighted by Gasteiger charge is -2.24. The van der Waals surface area contributed by atoms with Crippen molar-refractivity contribution in [2.24, 2.45) is 16.7 Å². The fourth-order valence-corrected chi connectivity index (χ4v) is 4.31. The standard InChI is InChI=1S/C20H27N5OS2/c1-5-15-10-6-7-11-17(15)23-19(27-4)28-13-16-14(2)9-8-12-18(16)25(22)20(26)24(3)21/h6-12H,5,13,21-22H2,1-4H3/b23-19+. The lowest BCUT2D eigenvalue weighted by molar-refractivity contribution is 0.216. The van der Waals surface area contributed by atoms with Crippen LogP contribution in [0, 0.1) is 6.92 Å². The van der Waals surface area contributed by atoms with Crippen LogP contribution >= 0.6 is 23.5 Å². The van der Waals surface area contributed by atoms with Crippen LogP contribution in [0.5, 0.6) is 0 Å². The minimum absolute atomic E-state index is 0.479. The molecule has 8 heteroatoms. The van der Waals surface area contributed by atoms with Crippen LogP contribution in [0.2, 0.25) is 0 Å². The molecule has 0 saturated carbocycles. The minimum Gasteiger partial charge on any atom is -0.264 e. The maximum atomic E-state index is 12.2. The average molecular weight is 418 g/mol. The summed E-state index contributed by atoms with van der Waals surface area (Å²) in [4.78, 5) is 17.0. The third-order valence-electron chi connectivity index (χ3n) is 4.25. The molecule has 28 heavy (non-hydrogen) atoms. The van der Waals surface area contributed by atoms with Gasteiger partial charge in [-0.25, -0.2) is 26.5 Å². The Bertz CT molecular complexity index is 854. The highest BCUT2D eigenvalue weighted by atomic mass is 32.2. The number of para-hydroxylation sites is 1. The molecule has 2 aromatic carbocycles. The topological polar surface area (TPSA) is 88.0 Å². The molecule has 2 rings (SSSR count). The molecule has 2 amide bonds. The maximum Gasteiger partial charge on any atom is 0.352 e. The molecule has 0 atom stereocenters. The molecule has 0 radical (unpaired) electrons. The van der Waals surface area contributed by atoms with Gasteiger partial charge in [0.25, 0.3) is 0 Å². The number of nitrogens with two attached hydrogens (primary N) is 2. The second-order valence-corrected chi connectivity index (χ2v) is 8.21. The Morgan fingerprint density at radius 1 is 1.14 bits per heavy atom. The minimum atomic E-state index is -0.479. The summed E-state index contributed by atoms with van der Waals surface area (Å²) in [6.45, 7) is 4.13. The van der Waals surface area contributed by atoms with Crippen LogP contribution in [0.25, 0.3) is 0 Å². The summed E-state index contributed by atoms with van der Waals surface area (Å²) >= 11 is 3.24. The molecule has 0 aliphatic heterocycles. The number of amides is 2. The number of benzene rings is 2. The van der Waals surface area contributed by atoms with Crippen LogP contribution in [-0.2, 0) is 12.2 Å². The number of thioether (sulfide) groups is 2. The number of rotatable bonds is 5. The highest BCUT2D eigenvalue weighted by molar-refractivity contribution is 8.38. The SMILES string of the molecule is CCc1ccccc1/N=C(\SC)SCc1c(C)cccc1N(N)C(=O)N(C)N. The number of aryl methyl sites for hydroxylation is 2. The van der Waals surface area contributed by atoms with Gasteiger partial charge < -0.3 is 0 Å². The fraction of sp³-hybridized carbons (Fsp3) is 0.300. The maximum absolute atomic E-state index is 12.2. The molecule has 0 fully saturated rings. The van der Waals surface area contributed by atoms with Crippen molar-refractivity contribution in [1.29, 1.82) is 0 Å². The zero-order valence-electron chi connectivity index (χ0n) is 16.7. The molecule has 2 aromatic rings. The van der Waals surface area contributed by atoms with Crippen molar-refractivity contribution in [3.63, 3.8) is 0 Å². The van der Waals surface area contributed by atoms with Gasteiger partial charge in [0.2, 0.25) is 0 Å². The first kappa shape index (κ1) is 22.3. The van der Waals surface area contributed by atoms with Crippen molar-refractivity contribution in [2.75, 3.05) is 18.3 Å². The van der Waals surface area contributed by atoms with E-state index in [2.05, 4.69) is 13.0 Å². The van der Waals surface area contributed by atoms with E-state index in [0.29, 0.717) is 11.4 Å². The van der Waals surface area contributed by atoms with E-state index in [9.17, 15) is 4.79 Å². The van der Waals surface area contributed by atoms with Gasteiger partial charge in [0.1, 0.15) is 4.38 Å². The number of nitrogens with zero attached hydrogens (tertiary/aromatic N) is 3. The van der Waals surface area contributed by atoms with E-state index in [1.165, 1.54) is 12.6 Å². The van der Waals surface area contributed by atoms with Crippen LogP contribution in [-0.4, -0.2) is 28.7 Å². The van der Waals surface area contributed by atoms with E-state index >= 15 is 0 Å². The Labute approximate surface area is 175 Å². The number of anilines is 1. The molecule has 0 aromatic heterocycles. The number of urea groups is 1. The molecule has 0 bridgehead atoms. The monoisotopic (exact) mass is 417 g/mol. The molecule has 150 valence electrons. The summed E-state index contributed by atoms with van der Waals surface area (Å²) in [5, 5.41) is 2.06. The molecule has 6 nitrogen and oxygen atoms in total. The number of hydrogen-bond acceptors (Lipinski definition) is 6. The van der Waals surface area contributed by atoms with E-state index in [0.717, 1.165) is 37.6 Å². The van der Waals surface area contributed by atoms with Gasteiger partial charge in [-0.2, -0.15) is 0 Å². The van der Waals surface area contributed by atoms with Crippen molar-refractivity contribution < 1.29 is 4.79 Å². The van der Waals surface area contributed by atoms with Crippen molar-refractivity contribution in [3.8, 4) is 0 Å². The molecule has 0 heterocycles. The van der Waals surface area contributed by atoms with E-state index in [1.807, 2.05) is 49.6 Å². The summed E-state index contributed by atoms with van der Waals surface area (Å²) in [5.74, 6) is 12.2. The van der Waals surface area contributed by atoms with Gasteiger partial charge in [-0.15, -0.1) is 11.8 Å². The summed E-state index contributed by atoms with van der Waals surface area (Å²) < 4.78 is 0.959. The van der Waals surface area contributed by atoms with Crippen molar-refractivity contribution >= 4 is 45.3 Å². The third-order valence-corrected chi connectivity index (χ3v) is 6.32. The van der Waals surface area contributed by atoms with Gasteiger partial charge in [-0.3, -0.25) is 5.01 Å². The molecule has 0 spiro atoms. The smallest absolute Gasteiger partial charge is 0.264 e. The summed E-state index contributed by atoms with van der Waals surface area (Å²) in [6, 6.07) is 13.4. The average Bonchev–Trinajstić information content (AvgIpc) is 2.70. The van der Waals surface area contributed by atoms with Crippen molar-refractivity contribution in [2.45, 2.75) is 26.0 Å². The first-order valence-corrected chi connectivity index (χ1v) is 11.1. The molecular weight excluding hydrogens is 390 g/mol. The van der Waals surface area contributed by atoms with E-state index < -0.39 is 6.03 Å². The van der Waals surface area contributed by atoms with Crippen molar-refractivity contribution in [1.82, 2.24) is 5.01 Å². The van der Waals surface area contributed by atoms with Crippen LogP contribution in [0.4, 0.5) is 16.2 Å². The molecule has 0 aliphatic rings. The second-order valence-electron chi connectivity index (χ2n) is 6.19. The zero-order valence-corrected chi connectivity index (χ0v) is 18.3. The van der Waals surface area contributed by atoms with Gasteiger partial charge in [0.15, 0.2) is 0 Å². The Balaban J connectivity index is 2.27. The number of aliphatic imine (C=N–C) groups is 1. The summed E-state index contributed by atoms with van der Waals surface area (Å²) in [6.07, 6.45) is 2.95. The third kappa shape index (κ3) is 5.51. The van der Waals surface area contributed by atoms with E-state index in [4.69, 9.17) is 16.7 Å². The Morgan fingerprint density at radius 2 is 1.86 bits per heavy atom. The fourth-order valence-electron chi connectivity index (χ4n) is 2.66. The van der Waals surface area contributed by atoms with Gasteiger partial charge in [-0.05, 0) is 48.4 Å². The highest BCUT2D eigenvalue weighted by Crippen LogP contribution is 2.31. The summed E-state index contributed by atoms with van der Waals surface area (Å²) in [5.41, 5.74) is 4.89. The molecule has 4 N–H and O–H groups in total. The summed E-state index contributed by atoms with van der Waals surface area (Å²) in [7, 11) is 1.47. The molecular formula is C20H27N5OS2. The predicted molar refractivity (Wildman–Crippen MR) is 123 cm³/mol. The van der Waals surface area contributed by atoms with E-state index in [1.54, 1.807) is 23.5 Å². The van der Waals surface area contributed by atoms with Crippen LogP contribution in [0.15, 0.2) is 47.5 Å². The van der Waals surface area contributed by atoms with E-state index in [-0.39, 0.29) is 0 Å². The first-order valence-electron chi connectivity index (χ1n) is 8.88. The lowest BCUT2D eigenvalue weighted by atomic mass is 10.1. The number of hydrazine groups is 2. The molecule has 0 unspecified atom stereocenters. The Morgan fingerprint density at radius 3 is 2.50 bits per heavy atom. The molecule has 0 aliphatic carbocycles.